The summed E-state index contributed by atoms with van der Waals surface area (Å²) >= 11 is 0. The van der Waals surface area contributed by atoms with Gasteiger partial charge in [-0.25, -0.2) is 4.79 Å². The minimum absolute atomic E-state index is 0.0544. The summed E-state index contributed by atoms with van der Waals surface area (Å²) in [5.74, 6) is 0. The number of nitrogens with one attached hydrogen (secondary N) is 1. The number of ether oxygens (including phenoxy) is 1. The molecule has 0 aromatic carbocycles. The highest BCUT2D eigenvalue weighted by molar-refractivity contribution is 5.68. The van der Waals surface area contributed by atoms with E-state index in [2.05, 4.69) is 5.32 Å². The summed E-state index contributed by atoms with van der Waals surface area (Å²) in [7, 11) is 0. The topological polar surface area (TPSA) is 58.6 Å². The third-order valence-corrected chi connectivity index (χ3v) is 2.38. The Morgan fingerprint density at radius 3 is 2.75 bits per heavy atom. The Morgan fingerprint density at radius 1 is 1.50 bits per heavy atom. The van der Waals surface area contributed by atoms with Crippen molar-refractivity contribution in [2.45, 2.75) is 45.3 Å². The van der Waals surface area contributed by atoms with Gasteiger partial charge in [0.2, 0.25) is 6.41 Å². The Balaban J connectivity index is 2.47. The van der Waals surface area contributed by atoms with Gasteiger partial charge in [0.25, 0.3) is 0 Å². The third kappa shape index (κ3) is 4.08. The van der Waals surface area contributed by atoms with Crippen LogP contribution in [0.5, 0.6) is 0 Å². The van der Waals surface area contributed by atoms with Gasteiger partial charge in [-0.1, -0.05) is 0 Å². The van der Waals surface area contributed by atoms with Crippen LogP contribution in [0.25, 0.3) is 0 Å². The summed E-state index contributed by atoms with van der Waals surface area (Å²) in [6, 6.07) is 0.0544. The van der Waals surface area contributed by atoms with Gasteiger partial charge in [-0.05, 0) is 33.6 Å². The molecule has 0 saturated carbocycles. The summed E-state index contributed by atoms with van der Waals surface area (Å²) in [5.41, 5.74) is -0.470. The number of likely N-dealkylation sites (tertiary alicyclic amines) is 1. The maximum Gasteiger partial charge on any atom is 0.410 e. The number of amides is 2. The molecule has 1 fully saturated rings. The lowest BCUT2D eigenvalue weighted by atomic mass is 10.1. The van der Waals surface area contributed by atoms with Gasteiger partial charge in [0.15, 0.2) is 0 Å². The highest BCUT2D eigenvalue weighted by Gasteiger charge is 2.27. The van der Waals surface area contributed by atoms with E-state index in [0.717, 1.165) is 12.8 Å². The zero-order valence-electron chi connectivity index (χ0n) is 10.2. The van der Waals surface area contributed by atoms with E-state index in [0.29, 0.717) is 19.5 Å². The summed E-state index contributed by atoms with van der Waals surface area (Å²) in [5, 5.41) is 2.70. The van der Waals surface area contributed by atoms with Gasteiger partial charge in [0.05, 0.1) is 0 Å². The Labute approximate surface area is 96.1 Å². The smallest absolute Gasteiger partial charge is 0.410 e. The van der Waals surface area contributed by atoms with E-state index in [9.17, 15) is 9.59 Å². The Bertz CT molecular complexity index is 260. The summed E-state index contributed by atoms with van der Waals surface area (Å²) in [6.45, 7) is 6.77. The van der Waals surface area contributed by atoms with Crippen LogP contribution in [-0.4, -0.2) is 42.1 Å². The van der Waals surface area contributed by atoms with E-state index in [1.165, 1.54) is 0 Å². The van der Waals surface area contributed by atoms with Crippen LogP contribution in [0.15, 0.2) is 0 Å². The van der Waals surface area contributed by atoms with Crippen LogP contribution in [0, 0.1) is 0 Å². The first-order valence-corrected chi connectivity index (χ1v) is 5.60. The molecule has 1 heterocycles. The average molecular weight is 228 g/mol. The van der Waals surface area contributed by atoms with Gasteiger partial charge in [0.1, 0.15) is 5.60 Å². The Morgan fingerprint density at radius 2 is 2.19 bits per heavy atom. The van der Waals surface area contributed by atoms with Crippen molar-refractivity contribution in [1.29, 1.82) is 0 Å². The molecule has 1 N–H and O–H groups in total. The Hall–Kier alpha value is -1.26. The van der Waals surface area contributed by atoms with Crippen LogP contribution in [0.4, 0.5) is 4.79 Å². The van der Waals surface area contributed by atoms with E-state index in [1.807, 2.05) is 20.8 Å². The lowest BCUT2D eigenvalue weighted by molar-refractivity contribution is -0.110. The molecule has 16 heavy (non-hydrogen) atoms. The summed E-state index contributed by atoms with van der Waals surface area (Å²) in [4.78, 5) is 23.7. The SMILES string of the molecule is CC(C)(C)OC(=O)N1CCC[C@@H](NC=O)C1. The highest BCUT2D eigenvalue weighted by Crippen LogP contribution is 2.14. The molecule has 5 heteroatoms. The van der Waals surface area contributed by atoms with Crippen molar-refractivity contribution in [3.05, 3.63) is 0 Å². The average Bonchev–Trinajstić information content (AvgIpc) is 2.16. The molecule has 0 unspecified atom stereocenters. The second-order valence-corrected chi connectivity index (χ2v) is 5.05. The fourth-order valence-corrected chi connectivity index (χ4v) is 1.70. The zero-order valence-corrected chi connectivity index (χ0v) is 10.2. The second kappa shape index (κ2) is 5.18. The molecule has 5 nitrogen and oxygen atoms in total. The van der Waals surface area contributed by atoms with Crippen molar-refractivity contribution < 1.29 is 14.3 Å². The van der Waals surface area contributed by atoms with Gasteiger partial charge >= 0.3 is 6.09 Å². The molecular formula is C11H20N2O3. The van der Waals surface area contributed by atoms with E-state index < -0.39 is 5.60 Å². The summed E-state index contributed by atoms with van der Waals surface area (Å²) in [6.07, 6.45) is 2.19. The predicted octanol–water partition coefficient (Wildman–Crippen LogP) is 1.13. The highest BCUT2D eigenvalue weighted by atomic mass is 16.6. The first-order chi connectivity index (χ1) is 7.42. The van der Waals surface area contributed by atoms with Gasteiger partial charge < -0.3 is 15.0 Å². The molecule has 1 saturated heterocycles. The summed E-state index contributed by atoms with van der Waals surface area (Å²) < 4.78 is 5.27. The van der Waals surface area contributed by atoms with Crippen LogP contribution in [-0.2, 0) is 9.53 Å². The van der Waals surface area contributed by atoms with Crippen LogP contribution in [0.1, 0.15) is 33.6 Å². The van der Waals surface area contributed by atoms with Gasteiger partial charge in [0, 0.05) is 19.1 Å². The zero-order chi connectivity index (χ0) is 12.2. The number of carbonyl (C=O) groups excluding carboxylic acids is 2. The molecular weight excluding hydrogens is 208 g/mol. The molecule has 1 rings (SSSR count). The molecule has 1 aliphatic heterocycles. The van der Waals surface area contributed by atoms with Crippen molar-refractivity contribution in [3.63, 3.8) is 0 Å². The molecule has 0 aromatic heterocycles. The number of carbonyl (C=O) groups is 2. The van der Waals surface area contributed by atoms with Gasteiger partial charge in [-0.15, -0.1) is 0 Å². The molecule has 0 aromatic rings. The Kier molecular flexibility index (Phi) is 4.15. The van der Waals surface area contributed by atoms with E-state index in [1.54, 1.807) is 4.90 Å². The van der Waals surface area contributed by atoms with Gasteiger partial charge in [-0.3, -0.25) is 4.79 Å². The monoisotopic (exact) mass is 228 g/mol. The van der Waals surface area contributed by atoms with Crippen molar-refractivity contribution in [1.82, 2.24) is 10.2 Å². The minimum Gasteiger partial charge on any atom is -0.444 e. The molecule has 1 atom stereocenters. The number of hydrogen-bond donors (Lipinski definition) is 1. The minimum atomic E-state index is -0.470. The fourth-order valence-electron chi connectivity index (χ4n) is 1.70. The third-order valence-electron chi connectivity index (χ3n) is 2.38. The lowest BCUT2D eigenvalue weighted by Crippen LogP contribution is -2.49. The normalized spacial score (nSPS) is 21.4. The van der Waals surface area contributed by atoms with Crippen molar-refractivity contribution in [2.75, 3.05) is 13.1 Å². The first-order valence-electron chi connectivity index (χ1n) is 5.60. The number of rotatable bonds is 2. The number of hydrogen-bond acceptors (Lipinski definition) is 3. The second-order valence-electron chi connectivity index (χ2n) is 5.05. The number of nitrogens with zero attached hydrogens (tertiary/aromatic N) is 1. The molecule has 0 radical (unpaired) electrons. The van der Waals surface area contributed by atoms with Crippen molar-refractivity contribution >= 4 is 12.5 Å². The van der Waals surface area contributed by atoms with Crippen LogP contribution >= 0.6 is 0 Å². The van der Waals surface area contributed by atoms with Crippen LogP contribution < -0.4 is 5.32 Å². The van der Waals surface area contributed by atoms with Crippen LogP contribution in [0.3, 0.4) is 0 Å². The largest absolute Gasteiger partial charge is 0.444 e. The maximum absolute atomic E-state index is 11.8. The lowest BCUT2D eigenvalue weighted by Gasteiger charge is -2.33. The van der Waals surface area contributed by atoms with E-state index >= 15 is 0 Å². The molecule has 0 aliphatic carbocycles. The molecule has 0 bridgehead atoms. The quantitative estimate of drug-likeness (QED) is 0.721. The molecule has 1 aliphatic rings. The van der Waals surface area contributed by atoms with Crippen molar-refractivity contribution in [3.8, 4) is 0 Å². The molecule has 2 amide bonds. The fraction of sp³-hybridized carbons (Fsp3) is 0.818. The van der Waals surface area contributed by atoms with Gasteiger partial charge in [-0.2, -0.15) is 0 Å². The maximum atomic E-state index is 11.8. The molecule has 92 valence electrons. The first kappa shape index (κ1) is 12.8. The van der Waals surface area contributed by atoms with Crippen LogP contribution in [0.2, 0.25) is 0 Å². The molecule has 0 spiro atoms. The van der Waals surface area contributed by atoms with Crippen molar-refractivity contribution in [2.24, 2.45) is 0 Å². The predicted molar refractivity (Wildman–Crippen MR) is 60.0 cm³/mol. The van der Waals surface area contributed by atoms with E-state index in [4.69, 9.17) is 4.74 Å². The van der Waals surface area contributed by atoms with E-state index in [-0.39, 0.29) is 12.1 Å². The standard InChI is InChI=1S/C11H20N2O3/c1-11(2,3)16-10(15)13-6-4-5-9(7-13)12-8-14/h8-9H,4-7H2,1-3H3,(H,12,14)/t9-/m1/s1. The number of piperidine rings is 1.